The molecule has 0 fully saturated rings. The molecule has 0 aromatic rings. The normalized spacial score (nSPS) is 11.6. The van der Waals surface area contributed by atoms with Gasteiger partial charge >= 0.3 is 95.5 Å². The summed E-state index contributed by atoms with van der Waals surface area (Å²) in [5, 5.41) is 0.238. The van der Waals surface area contributed by atoms with Crippen LogP contribution in [0.15, 0.2) is 177 Å². The van der Waals surface area contributed by atoms with E-state index in [4.69, 9.17) is 71.1 Å². The Morgan fingerprint density at radius 3 is 0.864 bits per heavy atom. The first-order valence-electron chi connectivity index (χ1n) is 43.2. The molecule has 45 heteroatoms. The van der Waals surface area contributed by atoms with Crippen molar-refractivity contribution in [2.75, 3.05) is 126 Å². The van der Waals surface area contributed by atoms with Crippen LogP contribution in [0.2, 0.25) is 0 Å². The molecular formula is C95H144O33S12. The molecule has 0 aliphatic carbocycles. The summed E-state index contributed by atoms with van der Waals surface area (Å²) in [5.41, 5.74) is 0. The predicted octanol–water partition coefficient (Wildman–Crippen LogP) is 19.2. The van der Waals surface area contributed by atoms with Crippen LogP contribution in [0.1, 0.15) is 147 Å². The monoisotopic (exact) mass is 2200 g/mol. The zero-order valence-electron chi connectivity index (χ0n) is 82.3. The van der Waals surface area contributed by atoms with Crippen LogP contribution in [0.5, 0.6) is 0 Å². The molecule has 0 spiro atoms. The quantitative estimate of drug-likeness (QED) is 0.0136. The Bertz CT molecular complexity index is 3500. The Morgan fingerprint density at radius 1 is 0.264 bits per heavy atom. The molecule has 0 aromatic carbocycles. The van der Waals surface area contributed by atoms with Gasteiger partial charge in [-0.25, -0.2) is 67.1 Å². The molecule has 7 atom stereocenters. The van der Waals surface area contributed by atoms with Crippen LogP contribution in [0.3, 0.4) is 0 Å². The molecule has 0 aliphatic rings. The fourth-order valence-electron chi connectivity index (χ4n) is 7.09. The van der Waals surface area contributed by atoms with Gasteiger partial charge in [0.25, 0.3) is 0 Å². The van der Waals surface area contributed by atoms with Crippen LogP contribution < -0.4 is 0 Å². The van der Waals surface area contributed by atoms with E-state index < -0.39 is 71.6 Å². The fraction of sp³-hybridized carbons (Fsp3) is 0.537. The molecule has 0 N–H and O–H groups in total. The van der Waals surface area contributed by atoms with E-state index >= 15 is 0 Å². The second-order valence-electron chi connectivity index (χ2n) is 27.9. The van der Waals surface area contributed by atoms with Gasteiger partial charge < -0.3 is 80.5 Å². The van der Waals surface area contributed by atoms with Gasteiger partial charge in [-0.1, -0.05) is 207 Å². The molecule has 0 aromatic heterocycles. The van der Waals surface area contributed by atoms with E-state index in [1.54, 1.807) is 108 Å². The van der Waals surface area contributed by atoms with Gasteiger partial charge in [0.05, 0.1) is 52.9 Å². The van der Waals surface area contributed by atoms with Crippen molar-refractivity contribution in [1.82, 2.24) is 0 Å². The number of hydrogen-bond acceptors (Lipinski definition) is 45. The maximum absolute atomic E-state index is 11.5. The van der Waals surface area contributed by atoms with E-state index in [-0.39, 0.29) is 113 Å². The molecule has 794 valence electrons. The summed E-state index contributed by atoms with van der Waals surface area (Å²) < 4.78 is 83.8. The number of unbranched alkanes of at least 4 members (excludes halogenated alkanes) is 4. The molecule has 33 nitrogen and oxygen atoms in total. The average molecular weight is 2200 g/mol. The van der Waals surface area contributed by atoms with Crippen molar-refractivity contribution in [2.24, 2.45) is 5.92 Å². The highest BCUT2D eigenvalue weighted by Gasteiger charge is 2.32. The smallest absolute Gasteiger partial charge is 0.331 e. The van der Waals surface area contributed by atoms with Crippen molar-refractivity contribution in [3.63, 3.8) is 0 Å². The number of carbonyl (C=O) groups is 16. The summed E-state index contributed by atoms with van der Waals surface area (Å²) in [5.74, 6) is -1.34. The zero-order chi connectivity index (χ0) is 108. The molecule has 0 bridgehead atoms. The summed E-state index contributed by atoms with van der Waals surface area (Å²) in [4.78, 5) is 175. The highest BCUT2D eigenvalue weighted by molar-refractivity contribution is 8.78. The fourth-order valence-corrected chi connectivity index (χ4v) is 20.1. The lowest BCUT2D eigenvalue weighted by molar-refractivity contribution is -0.148. The zero-order valence-corrected chi connectivity index (χ0v) is 92.1. The number of hydrogen-bond donors (Lipinski definition) is 0. The van der Waals surface area contributed by atoms with Gasteiger partial charge in [0.2, 0.25) is 0 Å². The van der Waals surface area contributed by atoms with Gasteiger partial charge in [-0.15, -0.1) is 0 Å². The van der Waals surface area contributed by atoms with Crippen LogP contribution in [0.25, 0.3) is 0 Å². The first-order chi connectivity index (χ1) is 66.4. The van der Waals surface area contributed by atoms with Gasteiger partial charge in [-0.2, -0.15) is 0 Å². The molecule has 0 aliphatic heterocycles. The van der Waals surface area contributed by atoms with Gasteiger partial charge in [0.1, 0.15) is 62.7 Å². The molecule has 0 heterocycles. The third-order valence-corrected chi connectivity index (χ3v) is 32.7. The number of ether oxygens (including phenoxy) is 17. The molecule has 0 rings (SSSR count). The third-order valence-electron chi connectivity index (χ3n) is 15.4. The van der Waals surface area contributed by atoms with E-state index in [1.807, 2.05) is 41.5 Å². The van der Waals surface area contributed by atoms with Gasteiger partial charge in [0.15, 0.2) is 0 Å². The standard InChI is InChI=1S/C22H34O9.C17H28O4S2.C14H22O4S2.2C12H18O4S2.C10H14O4S2.C8H10O4S2/c1-3-19(23)28-13-9-5-7-11-21(25)30-17-15-27-16-18-31-22(26)12-8-6-10-14-29-20(24)4-2;1-8-14(18)20-11-10-16(4,5)22-23-17(6,7)13(3)12-21-15(19)9-2;1-7-13(15)17-9(3)11(5)19-20-12(6)10(4)18-14(16)8-2;1-5-11(13)15-9(3)7-17-18-8-10(4)16-12(14)6-2;1-3-11(13)15-7-5-9-17-18-10-6-8-16-12(14)4-2;1-3-9(11)13-5-7-15-16-8-6-14-10(12)4-2;1-3-7(9)11-5-13-14-6-12-8(10)4-2/h3-4H,1-2,5-18H2;8-9,13H,1-2,10-12H2,3-7H3;7-12H,1-2H2,3-6H3;5-6,9-10H,1-2,7-8H2,3-4H3;3-4H,1-2,5-10H2;3-4H,1-2,5-8H2;3-4H,1-2,5-6H2. The topological polar surface area (TPSA) is 430 Å². The van der Waals surface area contributed by atoms with Gasteiger partial charge in [0, 0.05) is 158 Å². The van der Waals surface area contributed by atoms with E-state index in [2.05, 4.69) is 136 Å². The van der Waals surface area contributed by atoms with Crippen LogP contribution in [-0.4, -0.2) is 266 Å². The summed E-state index contributed by atoms with van der Waals surface area (Å²) in [7, 11) is 18.9. The largest absolute Gasteiger partial charge is 0.463 e. The number of rotatable bonds is 76. The molecule has 140 heavy (non-hydrogen) atoms. The lowest BCUT2D eigenvalue weighted by Gasteiger charge is -2.33. The van der Waals surface area contributed by atoms with Gasteiger partial charge in [-0.05, 0) is 149 Å². The Hall–Kier alpha value is -7.96. The lowest BCUT2D eigenvalue weighted by atomic mass is 9.98. The van der Waals surface area contributed by atoms with Crippen molar-refractivity contribution in [2.45, 2.75) is 191 Å². The average Bonchev–Trinajstić information content (AvgIpc) is 0.861. The molecule has 0 amide bonds. The van der Waals surface area contributed by atoms with E-state index in [1.165, 1.54) is 33.7 Å². The second-order valence-corrected chi connectivity index (χ2v) is 44.7. The minimum atomic E-state index is -0.471. The van der Waals surface area contributed by atoms with Crippen LogP contribution >= 0.6 is 130 Å². The molecule has 0 radical (unpaired) electrons. The maximum Gasteiger partial charge on any atom is 0.331 e. The van der Waals surface area contributed by atoms with Crippen molar-refractivity contribution < 1.29 is 157 Å². The summed E-state index contributed by atoms with van der Waals surface area (Å²) in [6.45, 7) is 71.9. The Balaban J connectivity index is -0.000000299. The summed E-state index contributed by atoms with van der Waals surface area (Å²) in [6.07, 6.45) is 22.3. The van der Waals surface area contributed by atoms with E-state index in [9.17, 15) is 76.7 Å². The Morgan fingerprint density at radius 2 is 0.543 bits per heavy atom. The Kier molecular flexibility index (Phi) is 106. The minimum absolute atomic E-state index is 0.0408. The van der Waals surface area contributed by atoms with Crippen molar-refractivity contribution in [1.29, 1.82) is 0 Å². The Labute approximate surface area is 875 Å². The van der Waals surface area contributed by atoms with Crippen LogP contribution in [0, 0.1) is 5.92 Å². The third kappa shape index (κ3) is 107. The molecular weight excluding hydrogens is 2050 g/mol. The highest BCUT2D eigenvalue weighted by atomic mass is 33.1. The van der Waals surface area contributed by atoms with Crippen molar-refractivity contribution in [3.05, 3.63) is 177 Å². The van der Waals surface area contributed by atoms with E-state index in [0.29, 0.717) is 114 Å². The first kappa shape index (κ1) is 145. The molecule has 7 unspecified atom stereocenters. The number of esters is 16. The molecule has 0 saturated carbocycles. The van der Waals surface area contributed by atoms with E-state index in [0.717, 1.165) is 117 Å². The van der Waals surface area contributed by atoms with Crippen molar-refractivity contribution >= 4 is 225 Å². The second kappa shape index (κ2) is 102. The van der Waals surface area contributed by atoms with Crippen LogP contribution in [0.4, 0.5) is 0 Å². The summed E-state index contributed by atoms with van der Waals surface area (Å²) >= 11 is 0. The predicted molar refractivity (Wildman–Crippen MR) is 575 cm³/mol. The highest BCUT2D eigenvalue weighted by Crippen LogP contribution is 2.48. The first-order valence-corrected chi connectivity index (χ1v) is 57.6. The number of carbonyl (C=O) groups excluding carboxylic acids is 16. The lowest BCUT2D eigenvalue weighted by Crippen LogP contribution is -2.30. The minimum Gasteiger partial charge on any atom is -0.463 e. The SMILES string of the molecule is C=CC(=O)OC(C)C(C)SSC(C)C(C)OC(=O)C=C.C=CC(=O)OC(C)CSSCC(C)OC(=O)C=C.C=CC(=O)OCCC(C)(C)SSC(C)(C)C(C)COC(=O)C=C.C=CC(=O)OCCCCCC(=O)OCCOCCOC(=O)CCCCCOC(=O)C=C.C=CC(=O)OCCCSSCCCOC(=O)C=C.C=CC(=O)OCCSSCCOC(=O)C=C.C=CC(=O)OCSSCOC(=O)C=C. The van der Waals surface area contributed by atoms with Gasteiger partial charge in [-0.3, -0.25) is 9.59 Å². The maximum atomic E-state index is 11.5. The van der Waals surface area contributed by atoms with Crippen LogP contribution in [-0.2, 0) is 157 Å². The summed E-state index contributed by atoms with van der Waals surface area (Å²) in [6, 6.07) is 0. The molecule has 0 saturated heterocycles. The van der Waals surface area contributed by atoms with Crippen molar-refractivity contribution in [3.8, 4) is 0 Å².